The number of nitrogens with one attached hydrogen (secondary N) is 1. The molecule has 3 aliphatic rings. The summed E-state index contributed by atoms with van der Waals surface area (Å²) in [6, 6.07) is 7.95. The summed E-state index contributed by atoms with van der Waals surface area (Å²) >= 11 is 0. The largest absolute Gasteiger partial charge is 0.373 e. The Morgan fingerprint density at radius 1 is 1.12 bits per heavy atom. The summed E-state index contributed by atoms with van der Waals surface area (Å²) in [6.07, 6.45) is 7.16. The van der Waals surface area contributed by atoms with Gasteiger partial charge in [-0.2, -0.15) is 0 Å². The van der Waals surface area contributed by atoms with Crippen LogP contribution in [0, 0.1) is 5.82 Å². The van der Waals surface area contributed by atoms with E-state index in [9.17, 15) is 4.39 Å². The lowest BCUT2D eigenvalue weighted by atomic mass is 10.0. The van der Waals surface area contributed by atoms with Crippen molar-refractivity contribution in [3.05, 3.63) is 41.4 Å². The van der Waals surface area contributed by atoms with Crippen LogP contribution in [0.15, 0.2) is 28.8 Å². The quantitative estimate of drug-likeness (QED) is 0.886. The summed E-state index contributed by atoms with van der Waals surface area (Å²) in [5, 5.41) is 7.84. The first-order chi connectivity index (χ1) is 12.3. The fourth-order valence-electron chi connectivity index (χ4n) is 4.33. The van der Waals surface area contributed by atoms with E-state index in [1.807, 2.05) is 6.07 Å². The van der Waals surface area contributed by atoms with Gasteiger partial charge in [-0.25, -0.2) is 4.39 Å². The molecule has 5 heteroatoms. The normalized spacial score (nSPS) is 28.4. The number of halogens is 1. The zero-order valence-corrected chi connectivity index (χ0v) is 14.2. The first-order valence-corrected chi connectivity index (χ1v) is 9.39. The van der Waals surface area contributed by atoms with E-state index in [1.165, 1.54) is 18.9 Å². The third-order valence-electron chi connectivity index (χ3n) is 5.79. The minimum atomic E-state index is -0.265. The van der Waals surface area contributed by atoms with Crippen LogP contribution in [0.5, 0.6) is 0 Å². The molecule has 25 heavy (non-hydrogen) atoms. The Kier molecular flexibility index (Phi) is 3.86. The van der Waals surface area contributed by atoms with Crippen LogP contribution in [-0.4, -0.2) is 23.3 Å². The van der Waals surface area contributed by atoms with Crippen molar-refractivity contribution in [1.29, 1.82) is 0 Å². The number of ether oxygens (including phenoxy) is 1. The van der Waals surface area contributed by atoms with Gasteiger partial charge in [-0.15, -0.1) is 0 Å². The molecule has 2 aliphatic heterocycles. The molecule has 4 nitrogen and oxygen atoms in total. The minimum Gasteiger partial charge on any atom is -0.373 e. The van der Waals surface area contributed by atoms with E-state index in [4.69, 9.17) is 9.26 Å². The molecule has 0 radical (unpaired) electrons. The highest BCUT2D eigenvalue weighted by Crippen LogP contribution is 2.44. The fourth-order valence-corrected chi connectivity index (χ4v) is 4.33. The number of rotatable bonds is 5. The second-order valence-electron chi connectivity index (χ2n) is 7.67. The van der Waals surface area contributed by atoms with Crippen molar-refractivity contribution < 1.29 is 13.7 Å². The summed E-state index contributed by atoms with van der Waals surface area (Å²) in [6.45, 7) is 0.461. The summed E-state index contributed by atoms with van der Waals surface area (Å²) in [5.74, 6) is 1.06. The molecular formula is C20H23FN2O2. The van der Waals surface area contributed by atoms with Gasteiger partial charge in [-0.05, 0) is 50.7 Å². The van der Waals surface area contributed by atoms with E-state index in [-0.39, 0.29) is 11.9 Å². The van der Waals surface area contributed by atoms with Crippen molar-refractivity contribution >= 4 is 0 Å². The zero-order valence-electron chi connectivity index (χ0n) is 14.2. The average Bonchev–Trinajstić information content (AvgIpc) is 3.30. The van der Waals surface area contributed by atoms with Gasteiger partial charge in [-0.3, -0.25) is 0 Å². The monoisotopic (exact) mass is 342 g/mol. The first kappa shape index (κ1) is 15.5. The lowest BCUT2D eigenvalue weighted by molar-refractivity contribution is 0.00875. The highest BCUT2D eigenvalue weighted by molar-refractivity contribution is 5.64. The van der Waals surface area contributed by atoms with Crippen molar-refractivity contribution in [2.45, 2.75) is 69.2 Å². The van der Waals surface area contributed by atoms with Crippen LogP contribution in [0.25, 0.3) is 11.3 Å². The van der Waals surface area contributed by atoms with E-state index in [0.29, 0.717) is 35.9 Å². The van der Waals surface area contributed by atoms with Crippen LogP contribution in [0.1, 0.15) is 55.8 Å². The molecule has 5 rings (SSSR count). The van der Waals surface area contributed by atoms with Gasteiger partial charge in [0.2, 0.25) is 0 Å². The molecule has 2 aromatic rings. The molecule has 2 saturated heterocycles. The Hall–Kier alpha value is -1.72. The average molecular weight is 342 g/mol. The molecule has 1 aromatic heterocycles. The Balaban J connectivity index is 1.39. The van der Waals surface area contributed by atoms with E-state index in [2.05, 4.69) is 10.5 Å². The Labute approximate surface area is 146 Å². The predicted molar refractivity (Wildman–Crippen MR) is 91.6 cm³/mol. The molecule has 1 aliphatic carbocycles. The van der Waals surface area contributed by atoms with Gasteiger partial charge >= 0.3 is 0 Å². The van der Waals surface area contributed by atoms with Crippen molar-refractivity contribution in [3.8, 4) is 11.3 Å². The number of benzene rings is 1. The zero-order chi connectivity index (χ0) is 16.8. The van der Waals surface area contributed by atoms with Gasteiger partial charge in [0.1, 0.15) is 17.3 Å². The highest BCUT2D eigenvalue weighted by Gasteiger charge is 2.36. The van der Waals surface area contributed by atoms with E-state index < -0.39 is 0 Å². The van der Waals surface area contributed by atoms with Gasteiger partial charge in [-0.1, -0.05) is 17.3 Å². The lowest BCUT2D eigenvalue weighted by Crippen LogP contribution is -2.41. The Bertz CT molecular complexity index is 759. The van der Waals surface area contributed by atoms with Crippen molar-refractivity contribution in [1.82, 2.24) is 10.5 Å². The molecule has 2 bridgehead atoms. The van der Waals surface area contributed by atoms with Gasteiger partial charge < -0.3 is 14.6 Å². The van der Waals surface area contributed by atoms with Crippen LogP contribution in [0.3, 0.4) is 0 Å². The fraction of sp³-hybridized carbons (Fsp3) is 0.550. The topological polar surface area (TPSA) is 47.3 Å². The summed E-state index contributed by atoms with van der Waals surface area (Å²) < 4.78 is 26.1. The molecule has 1 saturated carbocycles. The maximum absolute atomic E-state index is 14.3. The predicted octanol–water partition coefficient (Wildman–Crippen LogP) is 4.16. The van der Waals surface area contributed by atoms with E-state index in [1.54, 1.807) is 12.1 Å². The van der Waals surface area contributed by atoms with Crippen molar-refractivity contribution in [2.75, 3.05) is 0 Å². The van der Waals surface area contributed by atoms with Crippen LogP contribution in [-0.2, 0) is 11.3 Å². The van der Waals surface area contributed by atoms with E-state index in [0.717, 1.165) is 37.0 Å². The number of piperidine rings is 1. The van der Waals surface area contributed by atoms with Crippen LogP contribution in [0.2, 0.25) is 0 Å². The molecule has 2 unspecified atom stereocenters. The molecular weight excluding hydrogens is 319 g/mol. The molecule has 0 spiro atoms. The number of hydrogen-bond acceptors (Lipinski definition) is 4. The van der Waals surface area contributed by atoms with Crippen LogP contribution >= 0.6 is 0 Å². The summed E-state index contributed by atoms with van der Waals surface area (Å²) in [5.41, 5.74) is 2.05. The third kappa shape index (κ3) is 3.00. The smallest absolute Gasteiger partial charge is 0.145 e. The third-order valence-corrected chi connectivity index (χ3v) is 5.79. The van der Waals surface area contributed by atoms with Crippen LogP contribution in [0.4, 0.5) is 4.39 Å². The number of aromatic nitrogens is 1. The van der Waals surface area contributed by atoms with Gasteiger partial charge in [0, 0.05) is 29.1 Å². The molecule has 1 aromatic carbocycles. The maximum atomic E-state index is 14.3. The standard InChI is InChI=1S/C20H23FN2O2/c21-18-4-2-1-3-16(18)19-17(20(25-23-19)12-5-6-12)11-24-15-9-13-7-8-14(10-15)22-13/h1-4,12-15,22H,5-11H2/t13-,14?,15?/m0/s1. The number of nitrogens with zero attached hydrogens (tertiary/aromatic N) is 1. The number of fused-ring (bicyclic) bond motifs is 2. The van der Waals surface area contributed by atoms with Gasteiger partial charge in [0.15, 0.2) is 0 Å². The summed E-state index contributed by atoms with van der Waals surface area (Å²) in [7, 11) is 0. The van der Waals surface area contributed by atoms with Crippen molar-refractivity contribution in [3.63, 3.8) is 0 Å². The second kappa shape index (κ2) is 6.22. The van der Waals surface area contributed by atoms with Gasteiger partial charge in [0.25, 0.3) is 0 Å². The Morgan fingerprint density at radius 2 is 1.88 bits per heavy atom. The summed E-state index contributed by atoms with van der Waals surface area (Å²) in [4.78, 5) is 0. The molecule has 3 fully saturated rings. The molecule has 1 N–H and O–H groups in total. The SMILES string of the molecule is Fc1ccccc1-c1noc(C2CC2)c1COC1CC2CC[C@@H](C1)N2. The molecule has 3 heterocycles. The number of hydrogen-bond donors (Lipinski definition) is 1. The van der Waals surface area contributed by atoms with Crippen LogP contribution < -0.4 is 5.32 Å². The Morgan fingerprint density at radius 3 is 2.60 bits per heavy atom. The van der Waals surface area contributed by atoms with Gasteiger partial charge in [0.05, 0.1) is 12.7 Å². The molecule has 3 atom stereocenters. The second-order valence-corrected chi connectivity index (χ2v) is 7.67. The minimum absolute atomic E-state index is 0.265. The molecule has 132 valence electrons. The van der Waals surface area contributed by atoms with E-state index >= 15 is 0 Å². The van der Waals surface area contributed by atoms with Crippen molar-refractivity contribution in [2.24, 2.45) is 0 Å². The maximum Gasteiger partial charge on any atom is 0.145 e. The first-order valence-electron chi connectivity index (χ1n) is 9.39. The molecule has 0 amide bonds. The highest BCUT2D eigenvalue weighted by atomic mass is 19.1. The lowest BCUT2D eigenvalue weighted by Gasteiger charge is -2.29.